The summed E-state index contributed by atoms with van der Waals surface area (Å²) in [7, 11) is 3.38. The molecule has 0 radical (unpaired) electrons. The van der Waals surface area contributed by atoms with Crippen molar-refractivity contribution in [1.82, 2.24) is 4.90 Å². The summed E-state index contributed by atoms with van der Waals surface area (Å²) in [6.45, 7) is 4.42. The van der Waals surface area contributed by atoms with Crippen molar-refractivity contribution < 1.29 is 9.47 Å². The first-order valence-electron chi connectivity index (χ1n) is 7.92. The molecule has 0 aliphatic carbocycles. The molecule has 1 saturated heterocycles. The van der Waals surface area contributed by atoms with E-state index in [0.717, 1.165) is 37.4 Å². The largest absolute Gasteiger partial charge is 0.497 e. The van der Waals surface area contributed by atoms with Crippen LogP contribution in [0.15, 0.2) is 18.2 Å². The lowest BCUT2D eigenvalue weighted by molar-refractivity contribution is 0.185. The van der Waals surface area contributed by atoms with Gasteiger partial charge in [-0.1, -0.05) is 13.3 Å². The molecule has 2 atom stereocenters. The first-order valence-corrected chi connectivity index (χ1v) is 7.92. The van der Waals surface area contributed by atoms with Crippen LogP contribution in [0.2, 0.25) is 0 Å². The third-order valence-corrected chi connectivity index (χ3v) is 4.26. The molecule has 1 aliphatic heterocycles. The van der Waals surface area contributed by atoms with Crippen LogP contribution in [0.5, 0.6) is 11.5 Å². The zero-order chi connectivity index (χ0) is 15.2. The first-order chi connectivity index (χ1) is 10.2. The van der Waals surface area contributed by atoms with Gasteiger partial charge in [-0.15, -0.1) is 0 Å². The van der Waals surface area contributed by atoms with Crippen LogP contribution in [0.25, 0.3) is 0 Å². The average molecular weight is 292 g/mol. The van der Waals surface area contributed by atoms with Crippen LogP contribution in [0, 0.1) is 0 Å². The van der Waals surface area contributed by atoms with Crippen molar-refractivity contribution in [2.75, 3.05) is 27.3 Å². The average Bonchev–Trinajstić information content (AvgIpc) is 2.68. The maximum absolute atomic E-state index is 6.49. The Balaban J connectivity index is 2.37. The highest BCUT2D eigenvalue weighted by atomic mass is 16.5. The second-order valence-electron chi connectivity index (χ2n) is 5.79. The van der Waals surface area contributed by atoms with E-state index in [-0.39, 0.29) is 12.1 Å². The van der Waals surface area contributed by atoms with E-state index >= 15 is 0 Å². The summed E-state index contributed by atoms with van der Waals surface area (Å²) in [6.07, 6.45) is 4.65. The van der Waals surface area contributed by atoms with E-state index in [1.807, 2.05) is 6.07 Å². The molecule has 0 bridgehead atoms. The highest BCUT2D eigenvalue weighted by molar-refractivity contribution is 5.40. The normalized spacial score (nSPS) is 23.6. The molecule has 21 heavy (non-hydrogen) atoms. The van der Waals surface area contributed by atoms with Crippen molar-refractivity contribution in [2.45, 2.75) is 44.7 Å². The van der Waals surface area contributed by atoms with Gasteiger partial charge in [0.15, 0.2) is 0 Å². The molecule has 0 saturated carbocycles. The zero-order valence-electron chi connectivity index (χ0n) is 13.5. The topological polar surface area (TPSA) is 47.7 Å². The smallest absolute Gasteiger partial charge is 0.122 e. The van der Waals surface area contributed by atoms with Crippen molar-refractivity contribution in [3.63, 3.8) is 0 Å². The number of hydrogen-bond acceptors (Lipinski definition) is 4. The van der Waals surface area contributed by atoms with E-state index < -0.39 is 0 Å². The molecule has 2 rings (SSSR count). The summed E-state index contributed by atoms with van der Waals surface area (Å²) in [5.41, 5.74) is 7.69. The van der Waals surface area contributed by atoms with Gasteiger partial charge in [0.2, 0.25) is 0 Å². The molecule has 2 unspecified atom stereocenters. The third-order valence-electron chi connectivity index (χ3n) is 4.26. The van der Waals surface area contributed by atoms with Gasteiger partial charge in [0.25, 0.3) is 0 Å². The van der Waals surface area contributed by atoms with Gasteiger partial charge in [-0.05, 0) is 50.0 Å². The standard InChI is InChI=1S/C17H28N2O2/c1-4-8-19-9-6-5-7-16(18)17(19)13-10-14(20-2)12-15(11-13)21-3/h10-12,16-17H,4-9,18H2,1-3H3. The highest BCUT2D eigenvalue weighted by Crippen LogP contribution is 2.34. The molecule has 4 heteroatoms. The number of methoxy groups -OCH3 is 2. The minimum atomic E-state index is 0.163. The summed E-state index contributed by atoms with van der Waals surface area (Å²) in [5.74, 6) is 1.66. The molecular weight excluding hydrogens is 264 g/mol. The molecule has 1 aromatic rings. The number of benzene rings is 1. The van der Waals surface area contributed by atoms with Gasteiger partial charge in [0.05, 0.1) is 20.3 Å². The minimum absolute atomic E-state index is 0.163. The summed E-state index contributed by atoms with van der Waals surface area (Å²) >= 11 is 0. The van der Waals surface area contributed by atoms with Crippen LogP contribution in [0.3, 0.4) is 0 Å². The van der Waals surface area contributed by atoms with Gasteiger partial charge in [-0.3, -0.25) is 4.90 Å². The predicted octanol–water partition coefficient (Wildman–Crippen LogP) is 2.97. The molecule has 4 nitrogen and oxygen atoms in total. The Kier molecular flexibility index (Phi) is 5.88. The van der Waals surface area contributed by atoms with Gasteiger partial charge in [0.1, 0.15) is 11.5 Å². The second-order valence-corrected chi connectivity index (χ2v) is 5.79. The number of rotatable bonds is 5. The maximum Gasteiger partial charge on any atom is 0.122 e. The molecule has 1 aliphatic rings. The van der Waals surface area contributed by atoms with Crippen LogP contribution in [0.1, 0.15) is 44.2 Å². The number of nitrogens with two attached hydrogens (primary N) is 1. The molecule has 1 heterocycles. The number of ether oxygens (including phenoxy) is 2. The summed E-state index contributed by atoms with van der Waals surface area (Å²) < 4.78 is 10.8. The quantitative estimate of drug-likeness (QED) is 0.906. The Morgan fingerprint density at radius 1 is 1.14 bits per heavy atom. The van der Waals surface area contributed by atoms with Gasteiger partial charge in [0, 0.05) is 12.1 Å². The van der Waals surface area contributed by atoms with Crippen LogP contribution in [-0.2, 0) is 0 Å². The lowest BCUT2D eigenvalue weighted by Crippen LogP contribution is -2.40. The van der Waals surface area contributed by atoms with Crippen LogP contribution >= 0.6 is 0 Å². The van der Waals surface area contributed by atoms with E-state index in [1.54, 1.807) is 14.2 Å². The van der Waals surface area contributed by atoms with E-state index in [9.17, 15) is 0 Å². The van der Waals surface area contributed by atoms with Crippen LogP contribution in [0.4, 0.5) is 0 Å². The van der Waals surface area contributed by atoms with Crippen molar-refractivity contribution in [2.24, 2.45) is 5.73 Å². The molecule has 1 fully saturated rings. The third kappa shape index (κ3) is 3.89. The van der Waals surface area contributed by atoms with Crippen molar-refractivity contribution in [1.29, 1.82) is 0 Å². The van der Waals surface area contributed by atoms with Gasteiger partial charge < -0.3 is 15.2 Å². The fourth-order valence-electron chi connectivity index (χ4n) is 3.26. The van der Waals surface area contributed by atoms with Crippen molar-refractivity contribution >= 4 is 0 Å². The predicted molar refractivity (Wildman–Crippen MR) is 86.0 cm³/mol. The Morgan fingerprint density at radius 3 is 2.38 bits per heavy atom. The lowest BCUT2D eigenvalue weighted by Gasteiger charge is -2.34. The fourth-order valence-corrected chi connectivity index (χ4v) is 3.26. The maximum atomic E-state index is 6.49. The molecule has 118 valence electrons. The van der Waals surface area contributed by atoms with Gasteiger partial charge in [-0.25, -0.2) is 0 Å². The zero-order valence-corrected chi connectivity index (χ0v) is 13.5. The Bertz CT molecular complexity index is 428. The second kappa shape index (κ2) is 7.66. The molecule has 0 aromatic heterocycles. The van der Waals surface area contributed by atoms with Crippen LogP contribution < -0.4 is 15.2 Å². The van der Waals surface area contributed by atoms with Crippen molar-refractivity contribution in [3.05, 3.63) is 23.8 Å². The summed E-state index contributed by atoms with van der Waals surface area (Å²) in [4.78, 5) is 2.52. The van der Waals surface area contributed by atoms with Crippen molar-refractivity contribution in [3.8, 4) is 11.5 Å². The minimum Gasteiger partial charge on any atom is -0.497 e. The first kappa shape index (κ1) is 16.1. The highest BCUT2D eigenvalue weighted by Gasteiger charge is 2.29. The van der Waals surface area contributed by atoms with E-state index in [2.05, 4.69) is 24.0 Å². The molecule has 1 aromatic carbocycles. The Morgan fingerprint density at radius 2 is 1.81 bits per heavy atom. The SMILES string of the molecule is CCCN1CCCCC(N)C1c1cc(OC)cc(OC)c1. The molecule has 0 amide bonds. The molecule has 0 spiro atoms. The van der Waals surface area contributed by atoms with E-state index in [4.69, 9.17) is 15.2 Å². The van der Waals surface area contributed by atoms with E-state index in [0.29, 0.717) is 0 Å². The Labute approximate surface area is 128 Å². The van der Waals surface area contributed by atoms with Gasteiger partial charge >= 0.3 is 0 Å². The van der Waals surface area contributed by atoms with Crippen LogP contribution in [-0.4, -0.2) is 38.3 Å². The summed E-state index contributed by atoms with van der Waals surface area (Å²) in [5, 5.41) is 0. The number of nitrogens with zero attached hydrogens (tertiary/aromatic N) is 1. The van der Waals surface area contributed by atoms with E-state index in [1.165, 1.54) is 18.4 Å². The van der Waals surface area contributed by atoms with Gasteiger partial charge in [-0.2, -0.15) is 0 Å². The Hall–Kier alpha value is -1.26. The molecular formula is C17H28N2O2. The lowest BCUT2D eigenvalue weighted by atomic mass is 9.95. The number of likely N-dealkylation sites (tertiary alicyclic amines) is 1. The monoisotopic (exact) mass is 292 g/mol. The number of hydrogen-bond donors (Lipinski definition) is 1. The summed E-state index contributed by atoms with van der Waals surface area (Å²) in [6, 6.07) is 6.52. The fraction of sp³-hybridized carbons (Fsp3) is 0.647. The molecule has 2 N–H and O–H groups in total.